The Morgan fingerprint density at radius 2 is 2.50 bits per heavy atom. The molecule has 70 valence electrons. The molecular weight excluding hydrogens is 164 g/mol. The maximum absolute atomic E-state index is 10.2. The summed E-state index contributed by atoms with van der Waals surface area (Å²) in [5.41, 5.74) is 0. The Kier molecular flexibility index (Phi) is 3.02. The molecule has 1 N–H and O–H groups in total. The molecule has 0 bridgehead atoms. The Morgan fingerprint density at radius 3 is 3.00 bits per heavy atom. The summed E-state index contributed by atoms with van der Waals surface area (Å²) < 4.78 is 9.79. The van der Waals surface area contributed by atoms with Crippen LogP contribution in [0.15, 0.2) is 0 Å². The van der Waals surface area contributed by atoms with E-state index in [1.807, 2.05) is 0 Å². The summed E-state index contributed by atoms with van der Waals surface area (Å²) in [6.07, 6.45) is -1.63. The second-order valence-corrected chi connectivity index (χ2v) is 2.74. The Hall–Kier alpha value is -0.650. The van der Waals surface area contributed by atoms with Crippen LogP contribution in [0.3, 0.4) is 0 Å². The second kappa shape index (κ2) is 3.84. The molecule has 0 aromatic rings. The normalized spacial score (nSPS) is 35.3. The second-order valence-electron chi connectivity index (χ2n) is 2.74. The average Bonchev–Trinajstić information content (AvgIpc) is 2.32. The van der Waals surface area contributed by atoms with E-state index in [0.717, 1.165) is 0 Å². The Balaban J connectivity index is 2.51. The van der Waals surface area contributed by atoms with Gasteiger partial charge in [-0.1, -0.05) is 0 Å². The monoisotopic (exact) mass is 175 g/mol. The summed E-state index contributed by atoms with van der Waals surface area (Å²) in [6.45, 7) is 0.121. The third kappa shape index (κ3) is 1.94. The van der Waals surface area contributed by atoms with Gasteiger partial charge in [0.15, 0.2) is 6.29 Å². The molecule has 1 fully saturated rings. The number of methoxy groups -OCH3 is 1. The molecule has 0 radical (unpaired) electrons. The van der Waals surface area contributed by atoms with Gasteiger partial charge in [0.2, 0.25) is 0 Å². The number of carbonyl (C=O) groups excluding carboxylic acids is 1. The number of hydrogen-bond donors (Lipinski definition) is 1. The molecule has 0 aromatic heterocycles. The lowest BCUT2D eigenvalue weighted by Gasteiger charge is -2.18. The van der Waals surface area contributed by atoms with Crippen molar-refractivity contribution in [3.8, 4) is 0 Å². The van der Waals surface area contributed by atoms with E-state index in [-0.39, 0.29) is 13.0 Å². The van der Waals surface area contributed by atoms with Crippen molar-refractivity contribution in [2.24, 2.45) is 5.92 Å². The van der Waals surface area contributed by atoms with Gasteiger partial charge in [-0.15, -0.1) is 0 Å². The first-order valence-electron chi connectivity index (χ1n) is 3.67. The van der Waals surface area contributed by atoms with Crippen molar-refractivity contribution >= 4 is 5.97 Å². The van der Waals surface area contributed by atoms with Gasteiger partial charge in [0.05, 0.1) is 12.7 Å². The molecule has 0 spiro atoms. The van der Waals surface area contributed by atoms with Crippen LogP contribution < -0.4 is 5.11 Å². The topological polar surface area (TPSA) is 78.8 Å². The highest BCUT2D eigenvalue weighted by molar-refractivity contribution is 5.64. The molecule has 0 saturated carbocycles. The molecule has 1 unspecified atom stereocenters. The van der Waals surface area contributed by atoms with Crippen molar-refractivity contribution in [2.45, 2.75) is 18.8 Å². The van der Waals surface area contributed by atoms with Crippen LogP contribution in [0.4, 0.5) is 0 Å². The van der Waals surface area contributed by atoms with Crippen LogP contribution in [-0.4, -0.2) is 37.2 Å². The zero-order valence-electron chi connectivity index (χ0n) is 6.73. The van der Waals surface area contributed by atoms with Gasteiger partial charge in [-0.2, -0.15) is 0 Å². The minimum atomic E-state index is -1.20. The average molecular weight is 175 g/mol. The summed E-state index contributed by atoms with van der Waals surface area (Å²) in [5, 5.41) is 19.5. The van der Waals surface area contributed by atoms with E-state index in [0.29, 0.717) is 0 Å². The van der Waals surface area contributed by atoms with E-state index in [2.05, 4.69) is 0 Å². The number of hydrogen-bond acceptors (Lipinski definition) is 5. The van der Waals surface area contributed by atoms with E-state index in [9.17, 15) is 15.0 Å². The van der Waals surface area contributed by atoms with E-state index in [1.165, 1.54) is 7.11 Å². The quantitative estimate of drug-likeness (QED) is 0.542. The van der Waals surface area contributed by atoms with Crippen molar-refractivity contribution in [1.29, 1.82) is 0 Å². The highest BCUT2D eigenvalue weighted by Gasteiger charge is 2.36. The first-order chi connectivity index (χ1) is 5.65. The van der Waals surface area contributed by atoms with Crippen molar-refractivity contribution in [2.75, 3.05) is 13.7 Å². The van der Waals surface area contributed by atoms with Gasteiger partial charge in [0, 0.05) is 19.0 Å². The number of ether oxygens (including phenoxy) is 2. The SMILES string of the molecule is COC1OC[C@H](O)[C@@H]1CC(=O)[O-]. The van der Waals surface area contributed by atoms with E-state index >= 15 is 0 Å². The van der Waals surface area contributed by atoms with E-state index in [4.69, 9.17) is 9.47 Å². The fraction of sp³-hybridized carbons (Fsp3) is 0.857. The molecule has 1 rings (SSSR count). The smallest absolute Gasteiger partial charge is 0.163 e. The lowest BCUT2D eigenvalue weighted by Crippen LogP contribution is -2.33. The van der Waals surface area contributed by atoms with E-state index < -0.39 is 24.3 Å². The number of rotatable bonds is 3. The summed E-state index contributed by atoms with van der Waals surface area (Å²) >= 11 is 0. The van der Waals surface area contributed by atoms with E-state index in [1.54, 1.807) is 0 Å². The van der Waals surface area contributed by atoms with Gasteiger partial charge < -0.3 is 24.5 Å². The summed E-state index contributed by atoms with van der Waals surface area (Å²) in [6, 6.07) is 0. The Bertz CT molecular complexity index is 169. The molecule has 1 aliphatic rings. The van der Waals surface area contributed by atoms with Gasteiger partial charge in [-0.05, 0) is 6.42 Å². The van der Waals surface area contributed by atoms with Crippen LogP contribution in [0.25, 0.3) is 0 Å². The van der Waals surface area contributed by atoms with Gasteiger partial charge in [-0.25, -0.2) is 0 Å². The standard InChI is InChI=1S/C7H12O5/c1-11-7-4(2-6(9)10)5(8)3-12-7/h4-5,7-8H,2-3H2,1H3,(H,9,10)/p-1/t4-,5-,7?/m0/s1. The molecule has 1 aliphatic heterocycles. The van der Waals surface area contributed by atoms with Crippen LogP contribution in [0.1, 0.15) is 6.42 Å². The van der Waals surface area contributed by atoms with Crippen molar-refractivity contribution in [1.82, 2.24) is 0 Å². The van der Waals surface area contributed by atoms with Crippen LogP contribution in [-0.2, 0) is 14.3 Å². The fourth-order valence-electron chi connectivity index (χ4n) is 1.29. The minimum Gasteiger partial charge on any atom is -0.550 e. The number of carboxylic acids is 1. The summed E-state index contributed by atoms with van der Waals surface area (Å²) in [7, 11) is 1.41. The first-order valence-corrected chi connectivity index (χ1v) is 3.67. The largest absolute Gasteiger partial charge is 0.550 e. The molecule has 0 aromatic carbocycles. The first kappa shape index (κ1) is 9.44. The molecule has 12 heavy (non-hydrogen) atoms. The maximum atomic E-state index is 10.2. The molecule has 0 aliphatic carbocycles. The predicted molar refractivity (Wildman–Crippen MR) is 35.9 cm³/mol. The molecule has 3 atom stereocenters. The highest BCUT2D eigenvalue weighted by Crippen LogP contribution is 2.24. The fourth-order valence-corrected chi connectivity index (χ4v) is 1.29. The van der Waals surface area contributed by atoms with Crippen molar-refractivity contribution in [3.05, 3.63) is 0 Å². The van der Waals surface area contributed by atoms with Crippen LogP contribution >= 0.6 is 0 Å². The maximum Gasteiger partial charge on any atom is 0.163 e. The molecular formula is C7H11O5-. The third-order valence-electron chi connectivity index (χ3n) is 1.91. The number of aliphatic hydroxyl groups is 1. The van der Waals surface area contributed by atoms with Crippen LogP contribution in [0.5, 0.6) is 0 Å². The number of aliphatic carboxylic acids is 1. The third-order valence-corrected chi connectivity index (χ3v) is 1.91. The van der Waals surface area contributed by atoms with Gasteiger partial charge in [0.25, 0.3) is 0 Å². The molecule has 5 heteroatoms. The number of carbonyl (C=O) groups is 1. The van der Waals surface area contributed by atoms with Gasteiger partial charge in [0.1, 0.15) is 0 Å². The Morgan fingerprint density at radius 1 is 1.83 bits per heavy atom. The molecule has 1 saturated heterocycles. The van der Waals surface area contributed by atoms with Gasteiger partial charge >= 0.3 is 0 Å². The highest BCUT2D eigenvalue weighted by atomic mass is 16.7. The van der Waals surface area contributed by atoms with Crippen LogP contribution in [0, 0.1) is 5.92 Å². The molecule has 1 heterocycles. The Labute approximate surface area is 69.9 Å². The van der Waals surface area contributed by atoms with Gasteiger partial charge in [-0.3, -0.25) is 0 Å². The summed E-state index contributed by atoms with van der Waals surface area (Å²) in [5.74, 6) is -1.72. The summed E-state index contributed by atoms with van der Waals surface area (Å²) in [4.78, 5) is 10.2. The van der Waals surface area contributed by atoms with Crippen LogP contribution in [0.2, 0.25) is 0 Å². The van der Waals surface area contributed by atoms with Crippen molar-refractivity contribution in [3.63, 3.8) is 0 Å². The number of aliphatic hydroxyl groups excluding tert-OH is 1. The number of carboxylic acid groups (broad SMARTS) is 1. The lowest BCUT2D eigenvalue weighted by atomic mass is 10.0. The lowest BCUT2D eigenvalue weighted by molar-refractivity contribution is -0.308. The minimum absolute atomic E-state index is 0.121. The van der Waals surface area contributed by atoms with Crippen molar-refractivity contribution < 1.29 is 24.5 Å². The zero-order valence-corrected chi connectivity index (χ0v) is 6.73. The molecule has 5 nitrogen and oxygen atoms in total. The zero-order chi connectivity index (χ0) is 9.14. The molecule has 0 amide bonds. The predicted octanol–water partition coefficient (Wildman–Crippen LogP) is -1.89.